The van der Waals surface area contributed by atoms with Gasteiger partial charge in [0.15, 0.2) is 0 Å². The van der Waals surface area contributed by atoms with E-state index in [4.69, 9.17) is 5.11 Å². The van der Waals surface area contributed by atoms with Crippen molar-refractivity contribution in [1.29, 1.82) is 0 Å². The molecule has 3 nitrogen and oxygen atoms in total. The maximum Gasteiger partial charge on any atom is 0.317 e. The lowest BCUT2D eigenvalue weighted by Crippen LogP contribution is -2.46. The van der Waals surface area contributed by atoms with E-state index >= 15 is 0 Å². The van der Waals surface area contributed by atoms with Gasteiger partial charge in [-0.2, -0.15) is 0 Å². The van der Waals surface area contributed by atoms with Gasteiger partial charge in [0.25, 0.3) is 0 Å². The zero-order valence-electron chi connectivity index (χ0n) is 10.2. The third kappa shape index (κ3) is 2.57. The van der Waals surface area contributed by atoms with E-state index in [0.717, 1.165) is 0 Å². The van der Waals surface area contributed by atoms with E-state index in [9.17, 15) is 4.79 Å². The van der Waals surface area contributed by atoms with Crippen LogP contribution in [0.1, 0.15) is 51.9 Å². The van der Waals surface area contributed by atoms with Crippen LogP contribution < -0.4 is 0 Å². The standard InChI is InChI=1S/C13H23NO2/c1-10-5-4-8-12(10)14(9-13(15)16)11-6-2-3-7-11/h10-12H,2-9H2,1H3,(H,15,16). The fourth-order valence-electron chi connectivity index (χ4n) is 3.53. The summed E-state index contributed by atoms with van der Waals surface area (Å²) in [7, 11) is 0. The van der Waals surface area contributed by atoms with Crippen LogP contribution in [0, 0.1) is 5.92 Å². The fourth-order valence-corrected chi connectivity index (χ4v) is 3.53. The van der Waals surface area contributed by atoms with Crippen molar-refractivity contribution in [3.05, 3.63) is 0 Å². The van der Waals surface area contributed by atoms with Crippen LogP contribution in [0.5, 0.6) is 0 Å². The molecule has 0 heterocycles. The van der Waals surface area contributed by atoms with Gasteiger partial charge in [0.1, 0.15) is 0 Å². The zero-order valence-corrected chi connectivity index (χ0v) is 10.2. The van der Waals surface area contributed by atoms with Crippen LogP contribution in [0.2, 0.25) is 0 Å². The van der Waals surface area contributed by atoms with Crippen LogP contribution in [0.15, 0.2) is 0 Å². The molecule has 3 heteroatoms. The molecule has 2 unspecified atom stereocenters. The van der Waals surface area contributed by atoms with Gasteiger partial charge in [0.2, 0.25) is 0 Å². The molecule has 0 saturated heterocycles. The normalized spacial score (nSPS) is 31.4. The molecule has 0 aromatic carbocycles. The molecule has 2 aliphatic rings. The first-order chi connectivity index (χ1) is 7.68. The van der Waals surface area contributed by atoms with E-state index < -0.39 is 5.97 Å². The summed E-state index contributed by atoms with van der Waals surface area (Å²) in [6.07, 6.45) is 8.71. The molecule has 0 aromatic rings. The van der Waals surface area contributed by atoms with Crippen molar-refractivity contribution in [3.63, 3.8) is 0 Å². The highest BCUT2D eigenvalue weighted by Gasteiger charge is 2.35. The minimum absolute atomic E-state index is 0.250. The van der Waals surface area contributed by atoms with Gasteiger partial charge in [0.05, 0.1) is 6.54 Å². The molecule has 0 aliphatic heterocycles. The number of hydrogen-bond donors (Lipinski definition) is 1. The van der Waals surface area contributed by atoms with Gasteiger partial charge in [0, 0.05) is 12.1 Å². The summed E-state index contributed by atoms with van der Waals surface area (Å²) in [6.45, 7) is 2.53. The molecule has 0 aromatic heterocycles. The van der Waals surface area contributed by atoms with Crippen molar-refractivity contribution in [1.82, 2.24) is 4.90 Å². The van der Waals surface area contributed by atoms with Crippen LogP contribution in [-0.2, 0) is 4.79 Å². The summed E-state index contributed by atoms with van der Waals surface area (Å²) < 4.78 is 0. The molecule has 2 fully saturated rings. The van der Waals surface area contributed by atoms with Crippen molar-refractivity contribution in [2.45, 2.75) is 64.0 Å². The van der Waals surface area contributed by atoms with E-state index in [2.05, 4.69) is 11.8 Å². The number of hydrogen-bond acceptors (Lipinski definition) is 2. The smallest absolute Gasteiger partial charge is 0.317 e. The van der Waals surface area contributed by atoms with Gasteiger partial charge in [-0.05, 0) is 31.6 Å². The Morgan fingerprint density at radius 1 is 1.19 bits per heavy atom. The van der Waals surface area contributed by atoms with E-state index in [0.29, 0.717) is 18.0 Å². The molecule has 0 amide bonds. The summed E-state index contributed by atoms with van der Waals surface area (Å²) >= 11 is 0. The third-order valence-electron chi connectivity index (χ3n) is 4.35. The maximum absolute atomic E-state index is 11.0. The predicted octanol–water partition coefficient (Wildman–Crippen LogP) is 2.50. The number of carbonyl (C=O) groups is 1. The Hall–Kier alpha value is -0.570. The summed E-state index contributed by atoms with van der Waals surface area (Å²) in [4.78, 5) is 13.3. The molecular formula is C13H23NO2. The summed E-state index contributed by atoms with van der Waals surface area (Å²) in [5, 5.41) is 9.05. The number of nitrogens with zero attached hydrogens (tertiary/aromatic N) is 1. The molecule has 0 spiro atoms. The topological polar surface area (TPSA) is 40.5 Å². The SMILES string of the molecule is CC1CCCC1N(CC(=O)O)C1CCCC1. The Bertz CT molecular complexity index is 248. The number of rotatable bonds is 4. The highest BCUT2D eigenvalue weighted by molar-refractivity contribution is 5.69. The van der Waals surface area contributed by atoms with Crippen LogP contribution in [-0.4, -0.2) is 34.6 Å². The monoisotopic (exact) mass is 225 g/mol. The Balaban J connectivity index is 2.03. The van der Waals surface area contributed by atoms with Gasteiger partial charge in [-0.15, -0.1) is 0 Å². The van der Waals surface area contributed by atoms with Crippen molar-refractivity contribution in [3.8, 4) is 0 Å². The third-order valence-corrected chi connectivity index (χ3v) is 4.35. The first kappa shape index (κ1) is 11.9. The first-order valence-electron chi connectivity index (χ1n) is 6.66. The second-order valence-corrected chi connectivity index (χ2v) is 5.48. The largest absolute Gasteiger partial charge is 0.480 e. The molecule has 2 aliphatic carbocycles. The molecule has 2 saturated carbocycles. The first-order valence-corrected chi connectivity index (χ1v) is 6.66. The summed E-state index contributed by atoms with van der Waals surface area (Å²) in [5.74, 6) is 0.0194. The van der Waals surface area contributed by atoms with Crippen molar-refractivity contribution in [2.24, 2.45) is 5.92 Å². The lowest BCUT2D eigenvalue weighted by atomic mass is 10.0. The number of aliphatic carboxylic acids is 1. The highest BCUT2D eigenvalue weighted by atomic mass is 16.4. The highest BCUT2D eigenvalue weighted by Crippen LogP contribution is 2.34. The van der Waals surface area contributed by atoms with E-state index in [1.807, 2.05) is 0 Å². The van der Waals surface area contributed by atoms with Crippen molar-refractivity contribution < 1.29 is 9.90 Å². The molecule has 0 radical (unpaired) electrons. The van der Waals surface area contributed by atoms with Gasteiger partial charge < -0.3 is 5.11 Å². The van der Waals surface area contributed by atoms with E-state index in [-0.39, 0.29) is 6.54 Å². The lowest BCUT2D eigenvalue weighted by Gasteiger charge is -2.35. The molecule has 16 heavy (non-hydrogen) atoms. The van der Waals surface area contributed by atoms with Crippen molar-refractivity contribution in [2.75, 3.05) is 6.54 Å². The second-order valence-electron chi connectivity index (χ2n) is 5.48. The van der Waals surface area contributed by atoms with Gasteiger partial charge in [-0.25, -0.2) is 0 Å². The molecule has 2 atom stereocenters. The average molecular weight is 225 g/mol. The molecule has 1 N–H and O–H groups in total. The minimum Gasteiger partial charge on any atom is -0.480 e. The number of carboxylic acid groups (broad SMARTS) is 1. The van der Waals surface area contributed by atoms with Gasteiger partial charge in [-0.3, -0.25) is 9.69 Å². The van der Waals surface area contributed by atoms with Gasteiger partial charge in [-0.1, -0.05) is 26.2 Å². The van der Waals surface area contributed by atoms with Crippen LogP contribution in [0.25, 0.3) is 0 Å². The summed E-state index contributed by atoms with van der Waals surface area (Å²) in [6, 6.07) is 1.07. The van der Waals surface area contributed by atoms with E-state index in [1.54, 1.807) is 0 Å². The Morgan fingerprint density at radius 3 is 2.38 bits per heavy atom. The molecular weight excluding hydrogens is 202 g/mol. The second kappa shape index (κ2) is 5.17. The molecule has 2 rings (SSSR count). The van der Waals surface area contributed by atoms with Gasteiger partial charge >= 0.3 is 5.97 Å². The van der Waals surface area contributed by atoms with Crippen LogP contribution in [0.3, 0.4) is 0 Å². The van der Waals surface area contributed by atoms with Crippen LogP contribution >= 0.6 is 0 Å². The number of carboxylic acids is 1. The van der Waals surface area contributed by atoms with Crippen LogP contribution in [0.4, 0.5) is 0 Å². The Morgan fingerprint density at radius 2 is 1.88 bits per heavy atom. The predicted molar refractivity (Wildman–Crippen MR) is 63.4 cm³/mol. The molecule has 92 valence electrons. The minimum atomic E-state index is -0.661. The van der Waals surface area contributed by atoms with Crippen molar-refractivity contribution >= 4 is 5.97 Å². The summed E-state index contributed by atoms with van der Waals surface area (Å²) in [5.41, 5.74) is 0. The average Bonchev–Trinajstić information content (AvgIpc) is 2.84. The Labute approximate surface area is 97.8 Å². The quantitative estimate of drug-likeness (QED) is 0.799. The lowest BCUT2D eigenvalue weighted by molar-refractivity contribution is -0.139. The fraction of sp³-hybridized carbons (Fsp3) is 0.923. The maximum atomic E-state index is 11.0. The Kier molecular flexibility index (Phi) is 3.85. The van der Waals surface area contributed by atoms with E-state index in [1.165, 1.54) is 44.9 Å². The molecule has 0 bridgehead atoms. The zero-order chi connectivity index (χ0) is 11.5.